The summed E-state index contributed by atoms with van der Waals surface area (Å²) in [7, 11) is 0. The molecule has 4 N–H and O–H groups in total. The molecule has 1 amide bonds. The number of aliphatic hydroxyl groups is 1. The van der Waals surface area contributed by atoms with Crippen LogP contribution in [0.4, 0.5) is 0 Å². The number of carbonyl (C=O) groups is 1. The van der Waals surface area contributed by atoms with Gasteiger partial charge in [-0.2, -0.15) is 0 Å². The molecule has 1 fully saturated rings. The summed E-state index contributed by atoms with van der Waals surface area (Å²) in [5, 5.41) is 13.7. The zero-order valence-electron chi connectivity index (χ0n) is 12.6. The first kappa shape index (κ1) is 20.5. The van der Waals surface area contributed by atoms with Crippen LogP contribution in [0.15, 0.2) is 18.2 Å². The fourth-order valence-corrected chi connectivity index (χ4v) is 3.24. The van der Waals surface area contributed by atoms with Crippen LogP contribution in [0, 0.1) is 5.41 Å². The van der Waals surface area contributed by atoms with Gasteiger partial charge in [0.05, 0.1) is 11.5 Å². The van der Waals surface area contributed by atoms with Crippen LogP contribution in [0.25, 0.3) is 0 Å². The minimum absolute atomic E-state index is 0. The summed E-state index contributed by atoms with van der Waals surface area (Å²) in [6.07, 6.45) is 0.191. The highest BCUT2D eigenvalue weighted by Gasteiger charge is 2.38. The minimum Gasteiger partial charge on any atom is -0.386 e. The van der Waals surface area contributed by atoms with E-state index in [1.165, 1.54) is 0 Å². The van der Waals surface area contributed by atoms with Gasteiger partial charge in [0.15, 0.2) is 0 Å². The number of benzene rings is 1. The Bertz CT molecular complexity index is 516. The van der Waals surface area contributed by atoms with Crippen LogP contribution in [0.3, 0.4) is 0 Å². The standard InChI is InChI=1S/C15H20Cl2N2O3.ClH/c16-10-2-1-3-11(17)13(10)12(20)8-19-14(21)15(9-18)4-6-22-7-5-15;/h1-3,12,20H,4-9,18H2,(H,19,21);1H. The van der Waals surface area contributed by atoms with Crippen molar-refractivity contribution in [1.29, 1.82) is 0 Å². The van der Waals surface area contributed by atoms with E-state index in [1.54, 1.807) is 18.2 Å². The number of hydrogen-bond donors (Lipinski definition) is 3. The van der Waals surface area contributed by atoms with E-state index in [9.17, 15) is 9.90 Å². The Morgan fingerprint density at radius 2 is 1.91 bits per heavy atom. The van der Waals surface area contributed by atoms with Gasteiger partial charge in [-0.3, -0.25) is 4.79 Å². The predicted octanol–water partition coefficient (Wildman–Crippen LogP) is 2.32. The van der Waals surface area contributed by atoms with E-state index in [4.69, 9.17) is 33.7 Å². The summed E-state index contributed by atoms with van der Waals surface area (Å²) in [4.78, 5) is 12.4. The third-order valence-electron chi connectivity index (χ3n) is 4.11. The topological polar surface area (TPSA) is 84.6 Å². The smallest absolute Gasteiger partial charge is 0.227 e. The van der Waals surface area contributed by atoms with E-state index in [0.717, 1.165) is 0 Å². The fraction of sp³-hybridized carbons (Fsp3) is 0.533. The number of rotatable bonds is 5. The van der Waals surface area contributed by atoms with Crippen molar-refractivity contribution in [3.63, 3.8) is 0 Å². The van der Waals surface area contributed by atoms with Crippen LogP contribution in [0.2, 0.25) is 10.0 Å². The molecule has 0 aromatic heterocycles. The van der Waals surface area contributed by atoms with E-state index < -0.39 is 11.5 Å². The van der Waals surface area contributed by atoms with Gasteiger partial charge >= 0.3 is 0 Å². The van der Waals surface area contributed by atoms with Crippen molar-refractivity contribution in [3.05, 3.63) is 33.8 Å². The number of amides is 1. The molecule has 1 unspecified atom stereocenters. The van der Waals surface area contributed by atoms with Gasteiger partial charge in [-0.15, -0.1) is 12.4 Å². The van der Waals surface area contributed by atoms with E-state index in [1.807, 2.05) is 0 Å². The number of carbonyl (C=O) groups excluding carboxylic acids is 1. The van der Waals surface area contributed by atoms with Crippen LogP contribution in [-0.4, -0.2) is 37.3 Å². The molecule has 0 spiro atoms. The maximum Gasteiger partial charge on any atom is 0.227 e. The van der Waals surface area contributed by atoms with Crippen LogP contribution in [0.5, 0.6) is 0 Å². The molecule has 8 heteroatoms. The molecule has 1 aromatic rings. The molecule has 1 atom stereocenters. The van der Waals surface area contributed by atoms with Crippen LogP contribution in [-0.2, 0) is 9.53 Å². The highest BCUT2D eigenvalue weighted by Crippen LogP contribution is 2.31. The van der Waals surface area contributed by atoms with Crippen molar-refractivity contribution in [2.75, 3.05) is 26.3 Å². The highest BCUT2D eigenvalue weighted by molar-refractivity contribution is 6.36. The molecule has 130 valence electrons. The van der Waals surface area contributed by atoms with Crippen LogP contribution in [0.1, 0.15) is 24.5 Å². The van der Waals surface area contributed by atoms with Crippen molar-refractivity contribution in [3.8, 4) is 0 Å². The average molecular weight is 384 g/mol. The number of halogens is 3. The molecular formula is C15H21Cl3N2O3. The van der Waals surface area contributed by atoms with Gasteiger partial charge in [0.25, 0.3) is 0 Å². The molecule has 0 saturated carbocycles. The molecular weight excluding hydrogens is 363 g/mol. The molecule has 5 nitrogen and oxygen atoms in total. The van der Waals surface area contributed by atoms with E-state index in [-0.39, 0.29) is 31.4 Å². The number of ether oxygens (including phenoxy) is 1. The Kier molecular flexibility index (Phi) is 8.07. The van der Waals surface area contributed by atoms with Gasteiger partial charge in [-0.1, -0.05) is 29.3 Å². The summed E-state index contributed by atoms with van der Waals surface area (Å²) in [6.45, 7) is 1.32. The van der Waals surface area contributed by atoms with Gasteiger partial charge in [-0.05, 0) is 25.0 Å². The monoisotopic (exact) mass is 382 g/mol. The van der Waals surface area contributed by atoms with Gasteiger partial charge in [0.2, 0.25) is 5.91 Å². The third-order valence-corrected chi connectivity index (χ3v) is 4.77. The molecule has 1 aromatic carbocycles. The van der Waals surface area contributed by atoms with Gasteiger partial charge < -0.3 is 20.9 Å². The Hall–Kier alpha value is -0.560. The molecule has 1 aliphatic rings. The Labute approximate surface area is 151 Å². The second-order valence-corrected chi connectivity index (χ2v) is 6.27. The lowest BCUT2D eigenvalue weighted by molar-refractivity contribution is -0.136. The van der Waals surface area contributed by atoms with Crippen LogP contribution >= 0.6 is 35.6 Å². The van der Waals surface area contributed by atoms with Crippen molar-refractivity contribution in [1.82, 2.24) is 5.32 Å². The molecule has 0 bridgehead atoms. The lowest BCUT2D eigenvalue weighted by Crippen LogP contribution is -2.49. The number of aliphatic hydroxyl groups excluding tert-OH is 1. The molecule has 1 saturated heterocycles. The lowest BCUT2D eigenvalue weighted by Gasteiger charge is -2.34. The van der Waals surface area contributed by atoms with Crippen molar-refractivity contribution < 1.29 is 14.6 Å². The SMILES string of the molecule is Cl.NCC1(C(=O)NCC(O)c2c(Cl)cccc2Cl)CCOCC1. The Balaban J connectivity index is 0.00000264. The summed E-state index contributed by atoms with van der Waals surface area (Å²) >= 11 is 12.1. The van der Waals surface area contributed by atoms with Crippen molar-refractivity contribution in [2.45, 2.75) is 18.9 Å². The first-order valence-corrected chi connectivity index (χ1v) is 7.94. The Morgan fingerprint density at radius 1 is 1.35 bits per heavy atom. The maximum absolute atomic E-state index is 12.4. The van der Waals surface area contributed by atoms with Crippen molar-refractivity contribution >= 4 is 41.5 Å². The van der Waals surface area contributed by atoms with Gasteiger partial charge in [-0.25, -0.2) is 0 Å². The largest absolute Gasteiger partial charge is 0.386 e. The maximum atomic E-state index is 12.4. The predicted molar refractivity (Wildman–Crippen MR) is 93.2 cm³/mol. The number of nitrogens with one attached hydrogen (secondary N) is 1. The zero-order chi connectivity index (χ0) is 16.2. The number of hydrogen-bond acceptors (Lipinski definition) is 4. The van der Waals surface area contributed by atoms with Gasteiger partial charge in [0.1, 0.15) is 0 Å². The highest BCUT2D eigenvalue weighted by atomic mass is 35.5. The van der Waals surface area contributed by atoms with E-state index in [2.05, 4.69) is 5.32 Å². The molecule has 0 radical (unpaired) electrons. The lowest BCUT2D eigenvalue weighted by atomic mass is 9.79. The number of nitrogens with two attached hydrogens (primary N) is 1. The molecule has 1 heterocycles. The first-order chi connectivity index (χ1) is 10.5. The molecule has 0 aliphatic carbocycles. The Morgan fingerprint density at radius 3 is 2.43 bits per heavy atom. The second-order valence-electron chi connectivity index (χ2n) is 5.46. The summed E-state index contributed by atoms with van der Waals surface area (Å²) in [5.74, 6) is -0.166. The normalized spacial score (nSPS) is 17.9. The molecule has 2 rings (SSSR count). The fourth-order valence-electron chi connectivity index (χ4n) is 2.59. The quantitative estimate of drug-likeness (QED) is 0.728. The molecule has 23 heavy (non-hydrogen) atoms. The van der Waals surface area contributed by atoms with E-state index in [0.29, 0.717) is 41.7 Å². The first-order valence-electron chi connectivity index (χ1n) is 7.18. The van der Waals surface area contributed by atoms with Gasteiger partial charge in [0, 0.05) is 41.9 Å². The summed E-state index contributed by atoms with van der Waals surface area (Å²) in [6, 6.07) is 4.99. The van der Waals surface area contributed by atoms with Crippen LogP contribution < -0.4 is 11.1 Å². The van der Waals surface area contributed by atoms with Crippen molar-refractivity contribution in [2.24, 2.45) is 11.1 Å². The summed E-state index contributed by atoms with van der Waals surface area (Å²) < 4.78 is 5.28. The third kappa shape index (κ3) is 4.72. The van der Waals surface area contributed by atoms with E-state index >= 15 is 0 Å². The second kappa shape index (κ2) is 9.06. The molecule has 1 aliphatic heterocycles. The summed E-state index contributed by atoms with van der Waals surface area (Å²) in [5.41, 5.74) is 5.58. The minimum atomic E-state index is -0.972. The zero-order valence-corrected chi connectivity index (χ0v) is 14.9. The average Bonchev–Trinajstić information content (AvgIpc) is 2.53.